The normalized spacial score (nSPS) is 11.0. The third kappa shape index (κ3) is 3.93. The van der Waals surface area contributed by atoms with E-state index in [9.17, 15) is 14.0 Å². The van der Waals surface area contributed by atoms with Crippen molar-refractivity contribution in [1.29, 1.82) is 5.26 Å². The summed E-state index contributed by atoms with van der Waals surface area (Å²) in [6.07, 6.45) is 5.84. The molecule has 2 aromatic heterocycles. The van der Waals surface area contributed by atoms with E-state index in [0.29, 0.717) is 33.5 Å². The van der Waals surface area contributed by atoms with Gasteiger partial charge in [-0.3, -0.25) is 9.59 Å². The van der Waals surface area contributed by atoms with Crippen molar-refractivity contribution in [2.75, 3.05) is 0 Å². The van der Waals surface area contributed by atoms with Crippen molar-refractivity contribution >= 4 is 28.9 Å². The molecule has 0 fully saturated rings. The number of fused-ring (bicyclic) bond motifs is 1. The van der Waals surface area contributed by atoms with Gasteiger partial charge in [0.25, 0.3) is 0 Å². The van der Waals surface area contributed by atoms with Crippen LogP contribution in [0.2, 0.25) is 0 Å². The third-order valence-electron chi connectivity index (χ3n) is 4.62. The van der Waals surface area contributed by atoms with Crippen LogP contribution >= 0.6 is 0 Å². The Morgan fingerprint density at radius 2 is 1.94 bits per heavy atom. The second-order valence-electron chi connectivity index (χ2n) is 6.65. The standard InChI is InChI=1S/C23H14FN5O2/c24-18-9-15(5-7-17(18)22(31)14-3-1-13(10-25)2-4-14)19-12-28-23-21(29-19)16(11-27-23)6-8-20(26)30/h1-9,11-12H,(H2,26,30)(H,27,28). The van der Waals surface area contributed by atoms with Crippen LogP contribution in [0, 0.1) is 17.1 Å². The fourth-order valence-corrected chi connectivity index (χ4v) is 3.06. The minimum absolute atomic E-state index is 0.0887. The minimum Gasteiger partial charge on any atom is -0.366 e. The first-order chi connectivity index (χ1) is 15.0. The average molecular weight is 411 g/mol. The number of H-pyrrole nitrogens is 1. The molecule has 0 saturated heterocycles. The number of carbonyl (C=O) groups is 2. The van der Waals surface area contributed by atoms with E-state index in [0.717, 1.165) is 0 Å². The van der Waals surface area contributed by atoms with Crippen LogP contribution < -0.4 is 5.73 Å². The first-order valence-electron chi connectivity index (χ1n) is 9.12. The number of hydrogen-bond donors (Lipinski definition) is 2. The zero-order valence-electron chi connectivity index (χ0n) is 16.0. The molecule has 0 unspecified atom stereocenters. The fraction of sp³-hybridized carbons (Fsp3) is 0. The molecule has 0 atom stereocenters. The Balaban J connectivity index is 1.68. The number of aromatic amines is 1. The number of nitriles is 1. The van der Waals surface area contributed by atoms with Gasteiger partial charge >= 0.3 is 0 Å². The summed E-state index contributed by atoms with van der Waals surface area (Å²) < 4.78 is 14.8. The number of ketones is 1. The molecule has 0 aliphatic heterocycles. The number of amides is 1. The second-order valence-corrected chi connectivity index (χ2v) is 6.65. The van der Waals surface area contributed by atoms with E-state index >= 15 is 0 Å². The number of aromatic nitrogens is 3. The summed E-state index contributed by atoms with van der Waals surface area (Å²) in [6.45, 7) is 0. The molecule has 150 valence electrons. The summed E-state index contributed by atoms with van der Waals surface area (Å²) in [5.74, 6) is -1.78. The van der Waals surface area contributed by atoms with Gasteiger partial charge in [-0.05, 0) is 42.5 Å². The number of rotatable bonds is 5. The van der Waals surface area contributed by atoms with Gasteiger partial charge in [-0.15, -0.1) is 0 Å². The van der Waals surface area contributed by atoms with Gasteiger partial charge in [-0.2, -0.15) is 5.26 Å². The lowest BCUT2D eigenvalue weighted by Gasteiger charge is -2.06. The zero-order valence-corrected chi connectivity index (χ0v) is 16.0. The van der Waals surface area contributed by atoms with Gasteiger partial charge in [0.2, 0.25) is 5.91 Å². The molecule has 0 aliphatic carbocycles. The van der Waals surface area contributed by atoms with Crippen molar-refractivity contribution in [2.24, 2.45) is 5.73 Å². The number of halogens is 1. The first kappa shape index (κ1) is 19.7. The second kappa shape index (κ2) is 8.00. The Hall–Kier alpha value is -4.64. The Morgan fingerprint density at radius 3 is 2.61 bits per heavy atom. The maximum atomic E-state index is 14.8. The Bertz CT molecular complexity index is 1400. The lowest BCUT2D eigenvalue weighted by atomic mass is 10.00. The summed E-state index contributed by atoms with van der Waals surface area (Å²) in [7, 11) is 0. The van der Waals surface area contributed by atoms with Crippen molar-refractivity contribution in [3.05, 3.63) is 89.0 Å². The molecule has 0 aliphatic rings. The maximum Gasteiger partial charge on any atom is 0.241 e. The van der Waals surface area contributed by atoms with E-state index in [2.05, 4.69) is 15.0 Å². The SMILES string of the molecule is N#Cc1ccc(C(=O)c2ccc(-c3cnc4[nH]cc(C=CC(N)=O)c4n3)cc2F)cc1. The molecule has 8 heteroatoms. The fourth-order valence-electron chi connectivity index (χ4n) is 3.06. The molecule has 0 saturated carbocycles. The predicted octanol–water partition coefficient (Wildman–Crippen LogP) is 3.37. The molecule has 1 amide bonds. The smallest absolute Gasteiger partial charge is 0.241 e. The molecule has 4 aromatic rings. The molecule has 2 heterocycles. The van der Waals surface area contributed by atoms with E-state index in [1.165, 1.54) is 54.7 Å². The lowest BCUT2D eigenvalue weighted by Crippen LogP contribution is -2.05. The third-order valence-corrected chi connectivity index (χ3v) is 4.62. The van der Waals surface area contributed by atoms with Gasteiger partial charge in [-0.1, -0.05) is 6.07 Å². The van der Waals surface area contributed by atoms with Crippen molar-refractivity contribution in [2.45, 2.75) is 0 Å². The number of nitrogens with zero attached hydrogens (tertiary/aromatic N) is 3. The van der Waals surface area contributed by atoms with Crippen LogP contribution in [-0.4, -0.2) is 26.6 Å². The van der Waals surface area contributed by atoms with Crippen LogP contribution in [-0.2, 0) is 4.79 Å². The van der Waals surface area contributed by atoms with E-state index in [4.69, 9.17) is 11.0 Å². The van der Waals surface area contributed by atoms with E-state index in [1.807, 2.05) is 6.07 Å². The Kier molecular flexibility index (Phi) is 5.08. The van der Waals surface area contributed by atoms with Crippen LogP contribution in [0.15, 0.2) is 60.9 Å². The van der Waals surface area contributed by atoms with Crippen LogP contribution in [0.25, 0.3) is 28.5 Å². The van der Waals surface area contributed by atoms with Gasteiger partial charge in [0, 0.05) is 29.0 Å². The maximum absolute atomic E-state index is 14.8. The molecule has 4 rings (SSSR count). The van der Waals surface area contributed by atoms with Crippen LogP contribution in [0.1, 0.15) is 27.0 Å². The summed E-state index contributed by atoms with van der Waals surface area (Å²) in [5.41, 5.74) is 8.18. The molecule has 2 aromatic carbocycles. The van der Waals surface area contributed by atoms with Crippen molar-refractivity contribution < 1.29 is 14.0 Å². The van der Waals surface area contributed by atoms with Crippen molar-refractivity contribution in [1.82, 2.24) is 15.0 Å². The van der Waals surface area contributed by atoms with Crippen molar-refractivity contribution in [3.63, 3.8) is 0 Å². The van der Waals surface area contributed by atoms with E-state index < -0.39 is 17.5 Å². The quantitative estimate of drug-likeness (QED) is 0.385. The Labute approximate surface area is 175 Å². The van der Waals surface area contributed by atoms with Gasteiger partial charge in [0.1, 0.15) is 11.3 Å². The molecular formula is C23H14FN5O2. The summed E-state index contributed by atoms with van der Waals surface area (Å²) >= 11 is 0. The van der Waals surface area contributed by atoms with Gasteiger partial charge in [0.05, 0.1) is 29.1 Å². The lowest BCUT2D eigenvalue weighted by molar-refractivity contribution is -0.113. The van der Waals surface area contributed by atoms with Gasteiger partial charge < -0.3 is 10.7 Å². The summed E-state index contributed by atoms with van der Waals surface area (Å²) in [5, 5.41) is 8.86. The number of benzene rings is 2. The average Bonchev–Trinajstić information content (AvgIpc) is 3.19. The number of nitrogens with one attached hydrogen (secondary N) is 1. The number of carbonyl (C=O) groups excluding carboxylic acids is 2. The zero-order chi connectivity index (χ0) is 22.0. The molecule has 31 heavy (non-hydrogen) atoms. The molecule has 0 radical (unpaired) electrons. The van der Waals surface area contributed by atoms with Crippen LogP contribution in [0.4, 0.5) is 4.39 Å². The molecular weight excluding hydrogens is 397 g/mol. The summed E-state index contributed by atoms with van der Waals surface area (Å²) in [4.78, 5) is 35.3. The summed E-state index contributed by atoms with van der Waals surface area (Å²) in [6, 6.07) is 12.2. The van der Waals surface area contributed by atoms with Gasteiger partial charge in [-0.25, -0.2) is 14.4 Å². The minimum atomic E-state index is -0.698. The van der Waals surface area contributed by atoms with Crippen LogP contribution in [0.5, 0.6) is 0 Å². The number of nitrogens with two attached hydrogens (primary N) is 1. The van der Waals surface area contributed by atoms with Crippen LogP contribution in [0.3, 0.4) is 0 Å². The Morgan fingerprint density at radius 1 is 1.16 bits per heavy atom. The molecule has 0 spiro atoms. The molecule has 3 N–H and O–H groups in total. The highest BCUT2D eigenvalue weighted by Crippen LogP contribution is 2.24. The predicted molar refractivity (Wildman–Crippen MR) is 112 cm³/mol. The van der Waals surface area contributed by atoms with E-state index in [1.54, 1.807) is 12.3 Å². The van der Waals surface area contributed by atoms with Gasteiger partial charge in [0.15, 0.2) is 11.4 Å². The first-order valence-corrected chi connectivity index (χ1v) is 9.12. The highest BCUT2D eigenvalue weighted by atomic mass is 19.1. The highest BCUT2D eigenvalue weighted by molar-refractivity contribution is 6.09. The number of primary amides is 1. The van der Waals surface area contributed by atoms with E-state index in [-0.39, 0.29) is 11.1 Å². The monoisotopic (exact) mass is 411 g/mol. The molecule has 7 nitrogen and oxygen atoms in total. The van der Waals surface area contributed by atoms with Crippen molar-refractivity contribution in [3.8, 4) is 17.3 Å². The molecule has 0 bridgehead atoms. The largest absolute Gasteiger partial charge is 0.366 e. The highest BCUT2D eigenvalue weighted by Gasteiger charge is 2.16. The number of hydrogen-bond acceptors (Lipinski definition) is 5. The topological polar surface area (TPSA) is 126 Å².